The maximum atomic E-state index is 11.9. The maximum absolute atomic E-state index is 11.9. The number of rotatable bonds is 5. The molecule has 2 rings (SSSR count). The number of piperidine rings is 1. The lowest BCUT2D eigenvalue weighted by atomic mass is 10.0. The molecule has 0 bridgehead atoms. The minimum atomic E-state index is 0.00203. The molecule has 1 aromatic heterocycles. The van der Waals surface area contributed by atoms with E-state index in [9.17, 15) is 4.79 Å². The second-order valence-corrected chi connectivity index (χ2v) is 5.18. The van der Waals surface area contributed by atoms with Crippen molar-refractivity contribution in [3.8, 4) is 0 Å². The summed E-state index contributed by atoms with van der Waals surface area (Å²) in [5.41, 5.74) is 1.16. The molecule has 5 heteroatoms. The van der Waals surface area contributed by atoms with E-state index in [0.717, 1.165) is 50.3 Å². The van der Waals surface area contributed by atoms with Crippen LogP contribution in [-0.2, 0) is 11.3 Å². The third-order valence-electron chi connectivity index (χ3n) is 3.73. The van der Waals surface area contributed by atoms with Crippen LogP contribution in [0, 0.1) is 0 Å². The highest BCUT2D eigenvalue weighted by atomic mass is 16.2. The lowest BCUT2D eigenvalue weighted by molar-refractivity contribution is -0.127. The van der Waals surface area contributed by atoms with Crippen molar-refractivity contribution in [3.05, 3.63) is 23.9 Å². The number of likely N-dealkylation sites (N-methyl/N-ethyl adjacent to an activating group) is 1. The molecular formula is C15H24N4O. The van der Waals surface area contributed by atoms with E-state index in [-0.39, 0.29) is 11.9 Å². The quantitative estimate of drug-likeness (QED) is 0.858. The number of hydrogen-bond donors (Lipinski definition) is 2. The van der Waals surface area contributed by atoms with Gasteiger partial charge in [0.1, 0.15) is 5.82 Å². The molecule has 1 aliphatic rings. The van der Waals surface area contributed by atoms with Gasteiger partial charge in [-0.2, -0.15) is 0 Å². The number of carbonyl (C=O) groups excluding carboxylic acids is 1. The van der Waals surface area contributed by atoms with Gasteiger partial charge in [0, 0.05) is 26.3 Å². The normalized spacial score (nSPS) is 19.6. The van der Waals surface area contributed by atoms with Crippen LogP contribution in [0.2, 0.25) is 0 Å². The van der Waals surface area contributed by atoms with Gasteiger partial charge in [-0.05, 0) is 37.9 Å². The SMILES string of the molecule is CCNc1ccc(CN2CCCCC2C(=O)NC)cn1. The first-order valence-electron chi connectivity index (χ1n) is 7.39. The summed E-state index contributed by atoms with van der Waals surface area (Å²) >= 11 is 0. The summed E-state index contributed by atoms with van der Waals surface area (Å²) in [4.78, 5) is 18.6. The number of hydrogen-bond acceptors (Lipinski definition) is 4. The molecule has 1 unspecified atom stereocenters. The number of likely N-dealkylation sites (tertiary alicyclic amines) is 1. The Bertz CT molecular complexity index is 432. The van der Waals surface area contributed by atoms with Crippen LogP contribution >= 0.6 is 0 Å². The molecule has 2 N–H and O–H groups in total. The van der Waals surface area contributed by atoms with Crippen LogP contribution in [-0.4, -0.2) is 42.0 Å². The van der Waals surface area contributed by atoms with Crippen molar-refractivity contribution in [2.24, 2.45) is 0 Å². The number of pyridine rings is 1. The van der Waals surface area contributed by atoms with Gasteiger partial charge in [0.05, 0.1) is 6.04 Å². The highest BCUT2D eigenvalue weighted by molar-refractivity contribution is 5.81. The average Bonchev–Trinajstić information content (AvgIpc) is 2.49. The van der Waals surface area contributed by atoms with Crippen molar-refractivity contribution < 1.29 is 4.79 Å². The van der Waals surface area contributed by atoms with Gasteiger partial charge in [-0.3, -0.25) is 9.69 Å². The maximum Gasteiger partial charge on any atom is 0.237 e. The third kappa shape index (κ3) is 3.70. The van der Waals surface area contributed by atoms with Crippen molar-refractivity contribution in [2.75, 3.05) is 25.5 Å². The van der Waals surface area contributed by atoms with Crippen LogP contribution in [0.4, 0.5) is 5.82 Å². The Morgan fingerprint density at radius 2 is 2.30 bits per heavy atom. The number of nitrogens with zero attached hydrogens (tertiary/aromatic N) is 2. The first-order chi connectivity index (χ1) is 9.74. The first-order valence-corrected chi connectivity index (χ1v) is 7.39. The Morgan fingerprint density at radius 1 is 1.45 bits per heavy atom. The molecule has 2 heterocycles. The van der Waals surface area contributed by atoms with E-state index in [1.54, 1.807) is 7.05 Å². The van der Waals surface area contributed by atoms with Crippen molar-refractivity contribution in [1.29, 1.82) is 0 Å². The number of amides is 1. The monoisotopic (exact) mass is 276 g/mol. The van der Waals surface area contributed by atoms with E-state index < -0.39 is 0 Å². The summed E-state index contributed by atoms with van der Waals surface area (Å²) in [5.74, 6) is 1.03. The summed E-state index contributed by atoms with van der Waals surface area (Å²) in [6.45, 7) is 4.69. The van der Waals surface area contributed by atoms with Crippen LogP contribution in [0.5, 0.6) is 0 Å². The van der Waals surface area contributed by atoms with Crippen molar-refractivity contribution in [3.63, 3.8) is 0 Å². The fourth-order valence-electron chi connectivity index (χ4n) is 2.68. The smallest absolute Gasteiger partial charge is 0.237 e. The van der Waals surface area contributed by atoms with Gasteiger partial charge in [0.25, 0.3) is 0 Å². The standard InChI is InChI=1S/C15H24N4O/c1-3-17-14-8-7-12(10-18-14)11-19-9-5-4-6-13(19)15(20)16-2/h7-8,10,13H,3-6,9,11H2,1-2H3,(H,16,20)(H,17,18). The zero-order valence-electron chi connectivity index (χ0n) is 12.4. The minimum absolute atomic E-state index is 0.00203. The fraction of sp³-hybridized carbons (Fsp3) is 0.600. The Kier molecular flexibility index (Phi) is 5.35. The highest BCUT2D eigenvalue weighted by Gasteiger charge is 2.27. The van der Waals surface area contributed by atoms with E-state index in [0.29, 0.717) is 0 Å². The van der Waals surface area contributed by atoms with Gasteiger partial charge in [0.15, 0.2) is 0 Å². The van der Waals surface area contributed by atoms with Crippen LogP contribution < -0.4 is 10.6 Å². The minimum Gasteiger partial charge on any atom is -0.370 e. The lowest BCUT2D eigenvalue weighted by Crippen LogP contribution is -2.48. The van der Waals surface area contributed by atoms with Gasteiger partial charge in [0.2, 0.25) is 5.91 Å². The average molecular weight is 276 g/mol. The van der Waals surface area contributed by atoms with E-state index in [2.05, 4.69) is 33.5 Å². The highest BCUT2D eigenvalue weighted by Crippen LogP contribution is 2.20. The third-order valence-corrected chi connectivity index (χ3v) is 3.73. The number of aromatic nitrogens is 1. The van der Waals surface area contributed by atoms with Crippen molar-refractivity contribution >= 4 is 11.7 Å². The van der Waals surface area contributed by atoms with Crippen LogP contribution in [0.1, 0.15) is 31.7 Å². The van der Waals surface area contributed by atoms with Crippen LogP contribution in [0.25, 0.3) is 0 Å². The van der Waals surface area contributed by atoms with E-state index in [1.807, 2.05) is 12.3 Å². The molecule has 1 aromatic rings. The van der Waals surface area contributed by atoms with Gasteiger partial charge < -0.3 is 10.6 Å². The van der Waals surface area contributed by atoms with Gasteiger partial charge in [-0.15, -0.1) is 0 Å². The van der Waals surface area contributed by atoms with Gasteiger partial charge in [-0.1, -0.05) is 12.5 Å². The molecule has 0 aromatic carbocycles. The number of carbonyl (C=O) groups is 1. The topological polar surface area (TPSA) is 57.3 Å². The second-order valence-electron chi connectivity index (χ2n) is 5.18. The molecule has 1 fully saturated rings. The molecule has 0 spiro atoms. The largest absolute Gasteiger partial charge is 0.370 e. The molecule has 5 nitrogen and oxygen atoms in total. The molecular weight excluding hydrogens is 252 g/mol. The Labute approximate surface area is 120 Å². The zero-order valence-corrected chi connectivity index (χ0v) is 12.4. The molecule has 1 saturated heterocycles. The molecule has 1 amide bonds. The number of anilines is 1. The molecule has 110 valence electrons. The van der Waals surface area contributed by atoms with Crippen LogP contribution in [0.15, 0.2) is 18.3 Å². The Balaban J connectivity index is 2.00. The number of nitrogens with one attached hydrogen (secondary N) is 2. The lowest BCUT2D eigenvalue weighted by Gasteiger charge is -2.34. The van der Waals surface area contributed by atoms with Crippen molar-refractivity contribution in [2.45, 2.75) is 38.8 Å². The summed E-state index contributed by atoms with van der Waals surface area (Å²) in [7, 11) is 1.71. The molecule has 20 heavy (non-hydrogen) atoms. The Hall–Kier alpha value is -1.62. The molecule has 1 aliphatic heterocycles. The zero-order chi connectivity index (χ0) is 14.4. The van der Waals surface area contributed by atoms with E-state index in [4.69, 9.17) is 0 Å². The van der Waals surface area contributed by atoms with E-state index >= 15 is 0 Å². The predicted molar refractivity (Wildman–Crippen MR) is 80.5 cm³/mol. The molecule has 1 atom stereocenters. The predicted octanol–water partition coefficient (Wildman–Crippen LogP) is 1.61. The van der Waals surface area contributed by atoms with E-state index in [1.165, 1.54) is 0 Å². The summed E-state index contributed by atoms with van der Waals surface area (Å²) in [6, 6.07) is 4.08. The van der Waals surface area contributed by atoms with Gasteiger partial charge >= 0.3 is 0 Å². The Morgan fingerprint density at radius 3 is 2.95 bits per heavy atom. The molecule has 0 aliphatic carbocycles. The van der Waals surface area contributed by atoms with Gasteiger partial charge in [-0.25, -0.2) is 4.98 Å². The van der Waals surface area contributed by atoms with Crippen molar-refractivity contribution in [1.82, 2.24) is 15.2 Å². The summed E-state index contributed by atoms with van der Waals surface area (Å²) < 4.78 is 0. The summed E-state index contributed by atoms with van der Waals surface area (Å²) in [6.07, 6.45) is 5.14. The first kappa shape index (κ1) is 14.8. The molecule has 0 radical (unpaired) electrons. The van der Waals surface area contributed by atoms with Crippen LogP contribution in [0.3, 0.4) is 0 Å². The molecule has 0 saturated carbocycles. The fourth-order valence-corrected chi connectivity index (χ4v) is 2.68. The second kappa shape index (κ2) is 7.24. The summed E-state index contributed by atoms with van der Waals surface area (Å²) in [5, 5.41) is 5.96.